The SMILES string of the molecule is CC(N)C1CCCCN1c1ncnc2nc[nH]c12. The molecule has 6 heteroatoms. The summed E-state index contributed by atoms with van der Waals surface area (Å²) < 4.78 is 0. The number of rotatable bonds is 2. The van der Waals surface area contributed by atoms with E-state index in [0.29, 0.717) is 11.7 Å². The van der Waals surface area contributed by atoms with E-state index in [1.807, 2.05) is 0 Å². The van der Waals surface area contributed by atoms with Crippen molar-refractivity contribution in [3.63, 3.8) is 0 Å². The zero-order valence-corrected chi connectivity index (χ0v) is 10.5. The number of hydrogen-bond acceptors (Lipinski definition) is 5. The third-order valence-electron chi connectivity index (χ3n) is 3.63. The molecule has 0 radical (unpaired) electrons. The number of nitrogens with zero attached hydrogens (tertiary/aromatic N) is 4. The number of nitrogens with one attached hydrogen (secondary N) is 1. The molecule has 3 N–H and O–H groups in total. The lowest BCUT2D eigenvalue weighted by Gasteiger charge is -2.38. The molecular weight excluding hydrogens is 228 g/mol. The van der Waals surface area contributed by atoms with Crippen LogP contribution in [0.1, 0.15) is 26.2 Å². The summed E-state index contributed by atoms with van der Waals surface area (Å²) in [6, 6.07) is 0.485. The number of nitrogens with two attached hydrogens (primary N) is 1. The van der Waals surface area contributed by atoms with Crippen LogP contribution in [0.3, 0.4) is 0 Å². The van der Waals surface area contributed by atoms with Crippen LogP contribution in [0, 0.1) is 0 Å². The van der Waals surface area contributed by atoms with Gasteiger partial charge in [-0.15, -0.1) is 0 Å². The maximum atomic E-state index is 6.10. The van der Waals surface area contributed by atoms with Crippen LogP contribution in [0.15, 0.2) is 12.7 Å². The van der Waals surface area contributed by atoms with Crippen LogP contribution in [0.5, 0.6) is 0 Å². The molecule has 0 spiro atoms. The van der Waals surface area contributed by atoms with Gasteiger partial charge in [0.2, 0.25) is 0 Å². The molecule has 0 saturated carbocycles. The maximum Gasteiger partial charge on any atom is 0.182 e. The van der Waals surface area contributed by atoms with Crippen LogP contribution < -0.4 is 10.6 Å². The summed E-state index contributed by atoms with van der Waals surface area (Å²) in [5, 5.41) is 0. The fraction of sp³-hybridized carbons (Fsp3) is 0.583. The standard InChI is InChI=1S/C12H18N6/c1-8(13)9-4-2-3-5-18(9)12-10-11(15-6-14-10)16-7-17-12/h6-9H,2-5,13H2,1H3,(H,14,15,16,17). The Morgan fingerprint density at radius 3 is 3.11 bits per heavy atom. The molecular formula is C12H18N6. The highest BCUT2D eigenvalue weighted by molar-refractivity contribution is 5.82. The van der Waals surface area contributed by atoms with Gasteiger partial charge >= 0.3 is 0 Å². The molecule has 1 aliphatic heterocycles. The molecule has 1 saturated heterocycles. The van der Waals surface area contributed by atoms with E-state index >= 15 is 0 Å². The summed E-state index contributed by atoms with van der Waals surface area (Å²) in [7, 11) is 0. The van der Waals surface area contributed by atoms with Crippen LogP contribution in [-0.4, -0.2) is 38.6 Å². The lowest BCUT2D eigenvalue weighted by atomic mass is 9.97. The molecule has 2 atom stereocenters. The smallest absolute Gasteiger partial charge is 0.182 e. The lowest BCUT2D eigenvalue weighted by molar-refractivity contribution is 0.411. The second kappa shape index (κ2) is 4.53. The second-order valence-electron chi connectivity index (χ2n) is 4.91. The fourth-order valence-corrected chi connectivity index (χ4v) is 2.74. The van der Waals surface area contributed by atoms with Gasteiger partial charge in [-0.2, -0.15) is 0 Å². The van der Waals surface area contributed by atoms with Crippen LogP contribution in [0.25, 0.3) is 11.2 Å². The first-order valence-corrected chi connectivity index (χ1v) is 6.43. The van der Waals surface area contributed by atoms with E-state index in [9.17, 15) is 0 Å². The summed E-state index contributed by atoms with van der Waals surface area (Å²) >= 11 is 0. The van der Waals surface area contributed by atoms with Gasteiger partial charge in [0.05, 0.1) is 6.33 Å². The van der Waals surface area contributed by atoms with Crippen LogP contribution in [0.4, 0.5) is 5.82 Å². The predicted octanol–water partition coefficient (Wildman–Crippen LogP) is 1.06. The van der Waals surface area contributed by atoms with E-state index in [1.165, 1.54) is 12.8 Å². The van der Waals surface area contributed by atoms with Crippen LogP contribution in [0.2, 0.25) is 0 Å². The Balaban J connectivity index is 2.03. The van der Waals surface area contributed by atoms with Gasteiger partial charge in [-0.05, 0) is 26.2 Å². The molecule has 0 aromatic carbocycles. The van der Waals surface area contributed by atoms with Gasteiger partial charge in [0.15, 0.2) is 11.5 Å². The molecule has 2 unspecified atom stereocenters. The Morgan fingerprint density at radius 2 is 2.28 bits per heavy atom. The van der Waals surface area contributed by atoms with Gasteiger partial charge in [-0.3, -0.25) is 0 Å². The maximum absolute atomic E-state index is 6.10. The predicted molar refractivity (Wildman–Crippen MR) is 70.3 cm³/mol. The Morgan fingerprint density at radius 1 is 1.39 bits per heavy atom. The number of aromatic amines is 1. The minimum absolute atomic E-state index is 0.137. The highest BCUT2D eigenvalue weighted by Crippen LogP contribution is 2.28. The second-order valence-corrected chi connectivity index (χ2v) is 4.91. The van der Waals surface area contributed by atoms with E-state index in [0.717, 1.165) is 24.3 Å². The molecule has 3 rings (SSSR count). The minimum Gasteiger partial charge on any atom is -0.350 e. The normalized spacial score (nSPS) is 22.3. The van der Waals surface area contributed by atoms with Gasteiger partial charge in [0.1, 0.15) is 11.8 Å². The minimum atomic E-state index is 0.137. The Kier molecular flexibility index (Phi) is 2.87. The summed E-state index contributed by atoms with van der Waals surface area (Å²) in [5.74, 6) is 0.930. The molecule has 18 heavy (non-hydrogen) atoms. The molecule has 2 aromatic heterocycles. The zero-order valence-electron chi connectivity index (χ0n) is 10.5. The Bertz CT molecular complexity index is 534. The Labute approximate surface area is 106 Å². The molecule has 0 amide bonds. The van der Waals surface area contributed by atoms with E-state index in [-0.39, 0.29) is 6.04 Å². The van der Waals surface area contributed by atoms with Gasteiger partial charge in [0.25, 0.3) is 0 Å². The van der Waals surface area contributed by atoms with Crippen LogP contribution in [-0.2, 0) is 0 Å². The third-order valence-corrected chi connectivity index (χ3v) is 3.63. The van der Waals surface area contributed by atoms with E-state index in [2.05, 4.69) is 31.8 Å². The van der Waals surface area contributed by atoms with Crippen LogP contribution >= 0.6 is 0 Å². The highest BCUT2D eigenvalue weighted by atomic mass is 15.2. The van der Waals surface area contributed by atoms with E-state index in [1.54, 1.807) is 12.7 Å². The quantitative estimate of drug-likeness (QED) is 0.827. The van der Waals surface area contributed by atoms with Crippen molar-refractivity contribution in [2.45, 2.75) is 38.3 Å². The summed E-state index contributed by atoms with van der Waals surface area (Å²) in [6.45, 7) is 3.06. The summed E-state index contributed by atoms with van der Waals surface area (Å²) in [6.07, 6.45) is 6.78. The van der Waals surface area contributed by atoms with Crippen molar-refractivity contribution in [2.24, 2.45) is 5.73 Å². The van der Waals surface area contributed by atoms with Crippen molar-refractivity contribution in [1.29, 1.82) is 0 Å². The fourth-order valence-electron chi connectivity index (χ4n) is 2.74. The first kappa shape index (κ1) is 11.4. The van der Waals surface area contributed by atoms with Gasteiger partial charge in [0, 0.05) is 18.6 Å². The van der Waals surface area contributed by atoms with Gasteiger partial charge in [-0.1, -0.05) is 0 Å². The van der Waals surface area contributed by atoms with Gasteiger partial charge in [-0.25, -0.2) is 15.0 Å². The topological polar surface area (TPSA) is 83.7 Å². The van der Waals surface area contributed by atoms with Crippen molar-refractivity contribution in [1.82, 2.24) is 19.9 Å². The molecule has 6 nitrogen and oxygen atoms in total. The number of imidazole rings is 1. The van der Waals surface area contributed by atoms with Crippen molar-refractivity contribution in [3.8, 4) is 0 Å². The van der Waals surface area contributed by atoms with Crippen molar-refractivity contribution >= 4 is 17.0 Å². The number of fused-ring (bicyclic) bond motifs is 1. The number of aromatic nitrogens is 4. The monoisotopic (exact) mass is 246 g/mol. The summed E-state index contributed by atoms with van der Waals surface area (Å²) in [5.41, 5.74) is 7.73. The van der Waals surface area contributed by atoms with Crippen molar-refractivity contribution in [3.05, 3.63) is 12.7 Å². The number of hydrogen-bond donors (Lipinski definition) is 2. The molecule has 3 heterocycles. The summed E-state index contributed by atoms with van der Waals surface area (Å²) in [4.78, 5) is 18.2. The molecule has 96 valence electrons. The third kappa shape index (κ3) is 1.82. The number of piperidine rings is 1. The average Bonchev–Trinajstić information content (AvgIpc) is 2.86. The zero-order chi connectivity index (χ0) is 12.5. The molecule has 1 aliphatic rings. The largest absolute Gasteiger partial charge is 0.350 e. The van der Waals surface area contributed by atoms with Crippen molar-refractivity contribution < 1.29 is 0 Å². The highest BCUT2D eigenvalue weighted by Gasteiger charge is 2.28. The van der Waals surface area contributed by atoms with E-state index < -0.39 is 0 Å². The Hall–Kier alpha value is -1.69. The molecule has 0 aliphatic carbocycles. The molecule has 0 bridgehead atoms. The molecule has 2 aromatic rings. The van der Waals surface area contributed by atoms with Crippen molar-refractivity contribution in [2.75, 3.05) is 11.4 Å². The first-order valence-electron chi connectivity index (χ1n) is 6.43. The average molecular weight is 246 g/mol. The lowest BCUT2D eigenvalue weighted by Crippen LogP contribution is -2.49. The first-order chi connectivity index (χ1) is 8.77. The van der Waals surface area contributed by atoms with E-state index in [4.69, 9.17) is 5.73 Å². The number of H-pyrrole nitrogens is 1. The number of anilines is 1. The van der Waals surface area contributed by atoms with Gasteiger partial charge < -0.3 is 15.6 Å². The molecule has 1 fully saturated rings.